The second-order valence-corrected chi connectivity index (χ2v) is 5.57. The van der Waals surface area contributed by atoms with E-state index in [1.807, 2.05) is 31.2 Å². The predicted octanol–water partition coefficient (Wildman–Crippen LogP) is 1.52. The fourth-order valence-electron chi connectivity index (χ4n) is 2.57. The van der Waals surface area contributed by atoms with Crippen LogP contribution in [-0.2, 0) is 9.59 Å². The number of nitrogens with one attached hydrogen (secondary N) is 1. The number of rotatable bonds is 5. The Morgan fingerprint density at radius 1 is 1.29 bits per heavy atom. The smallest absolute Gasteiger partial charge is 0.241 e. The first-order chi connectivity index (χ1) is 10.0. The molecule has 0 radical (unpaired) electrons. The molecule has 1 atom stereocenters. The van der Waals surface area contributed by atoms with Gasteiger partial charge >= 0.3 is 0 Å². The van der Waals surface area contributed by atoms with Gasteiger partial charge in [-0.15, -0.1) is 0 Å². The van der Waals surface area contributed by atoms with Crippen molar-refractivity contribution < 1.29 is 9.59 Å². The Kier molecular flexibility index (Phi) is 4.83. The van der Waals surface area contributed by atoms with Crippen LogP contribution < -0.4 is 5.32 Å². The van der Waals surface area contributed by atoms with Gasteiger partial charge in [0, 0.05) is 32.9 Å². The fourth-order valence-corrected chi connectivity index (χ4v) is 2.57. The van der Waals surface area contributed by atoms with E-state index in [1.54, 1.807) is 19.0 Å². The van der Waals surface area contributed by atoms with Crippen molar-refractivity contribution in [3.63, 3.8) is 0 Å². The zero-order chi connectivity index (χ0) is 15.4. The number of para-hydroxylation sites is 1. The summed E-state index contributed by atoms with van der Waals surface area (Å²) in [6, 6.07) is 7.87. The van der Waals surface area contributed by atoms with Gasteiger partial charge in [0.25, 0.3) is 0 Å². The number of hydrogen-bond acceptors (Lipinski definition) is 3. The molecule has 2 rings (SSSR count). The maximum absolute atomic E-state index is 12.8. The molecular weight excluding hydrogens is 266 g/mol. The molecule has 5 nitrogen and oxygen atoms in total. The lowest BCUT2D eigenvalue weighted by atomic mass is 9.99. The van der Waals surface area contributed by atoms with Crippen molar-refractivity contribution in [3.8, 4) is 0 Å². The van der Waals surface area contributed by atoms with E-state index in [2.05, 4.69) is 5.32 Å². The van der Waals surface area contributed by atoms with Crippen molar-refractivity contribution in [1.82, 2.24) is 9.80 Å². The monoisotopic (exact) mass is 289 g/mol. The minimum Gasteiger partial charge on any atom is -0.384 e. The molecule has 5 heteroatoms. The molecule has 0 bridgehead atoms. The zero-order valence-electron chi connectivity index (χ0n) is 12.9. The summed E-state index contributed by atoms with van der Waals surface area (Å²) >= 11 is 0. The summed E-state index contributed by atoms with van der Waals surface area (Å²) < 4.78 is 0. The summed E-state index contributed by atoms with van der Waals surface area (Å²) in [6.07, 6.45) is 0.842. The van der Waals surface area contributed by atoms with E-state index >= 15 is 0 Å². The Bertz CT molecular complexity index is 528. The highest BCUT2D eigenvalue weighted by molar-refractivity contribution is 5.91. The maximum Gasteiger partial charge on any atom is 0.241 e. The number of likely N-dealkylation sites (N-methyl/N-ethyl adjacent to an activating group) is 1. The van der Waals surface area contributed by atoms with E-state index in [0.717, 1.165) is 17.7 Å². The molecule has 1 heterocycles. The Hall–Kier alpha value is -2.04. The lowest BCUT2D eigenvalue weighted by Crippen LogP contribution is -2.43. The molecular formula is C16H23N3O2. The van der Waals surface area contributed by atoms with Crippen LogP contribution in [-0.4, -0.2) is 55.3 Å². The average Bonchev–Trinajstić information content (AvgIpc) is 2.89. The summed E-state index contributed by atoms with van der Waals surface area (Å²) in [5.74, 6) is -0.205. The van der Waals surface area contributed by atoms with E-state index in [4.69, 9.17) is 0 Å². The summed E-state index contributed by atoms with van der Waals surface area (Å²) in [6.45, 7) is 3.38. The van der Waals surface area contributed by atoms with Crippen LogP contribution >= 0.6 is 0 Å². The van der Waals surface area contributed by atoms with Gasteiger partial charge in [-0.1, -0.05) is 25.1 Å². The molecule has 0 saturated heterocycles. The lowest BCUT2D eigenvalue weighted by Gasteiger charge is -2.26. The van der Waals surface area contributed by atoms with Crippen molar-refractivity contribution >= 4 is 17.5 Å². The standard InChI is InChI=1S/C16H23N3O2/c1-4-9-19(11-15(20)18(2)3)16(21)13-10-17-14-8-6-5-7-12(13)14/h5-8,13,17H,4,9-11H2,1-3H3. The minimum atomic E-state index is -0.192. The predicted molar refractivity (Wildman–Crippen MR) is 83.2 cm³/mol. The number of anilines is 1. The molecule has 114 valence electrons. The molecule has 2 amide bonds. The normalized spacial score (nSPS) is 16.0. The summed E-state index contributed by atoms with van der Waals surface area (Å²) in [4.78, 5) is 27.9. The SMILES string of the molecule is CCCN(CC(=O)N(C)C)C(=O)C1CNc2ccccc21. The van der Waals surface area contributed by atoms with Crippen molar-refractivity contribution in [1.29, 1.82) is 0 Å². The van der Waals surface area contributed by atoms with Crippen LogP contribution in [0, 0.1) is 0 Å². The van der Waals surface area contributed by atoms with Gasteiger partial charge in [-0.05, 0) is 18.1 Å². The van der Waals surface area contributed by atoms with Gasteiger partial charge in [-0.2, -0.15) is 0 Å². The molecule has 0 fully saturated rings. The third-order valence-corrected chi connectivity index (χ3v) is 3.76. The maximum atomic E-state index is 12.8. The number of carbonyl (C=O) groups excluding carboxylic acids is 2. The topological polar surface area (TPSA) is 52.7 Å². The van der Waals surface area contributed by atoms with E-state index < -0.39 is 0 Å². The first kappa shape index (κ1) is 15.4. The second-order valence-electron chi connectivity index (χ2n) is 5.57. The lowest BCUT2D eigenvalue weighted by molar-refractivity contribution is -0.139. The Labute approximate surface area is 125 Å². The molecule has 0 saturated carbocycles. The molecule has 1 aliphatic rings. The number of carbonyl (C=O) groups is 2. The number of nitrogens with zero attached hydrogens (tertiary/aromatic N) is 2. The molecule has 1 aromatic rings. The molecule has 0 aliphatic carbocycles. The third-order valence-electron chi connectivity index (χ3n) is 3.76. The highest BCUT2D eigenvalue weighted by atomic mass is 16.2. The van der Waals surface area contributed by atoms with Gasteiger partial charge in [0.15, 0.2) is 0 Å². The number of amides is 2. The van der Waals surface area contributed by atoms with Crippen molar-refractivity contribution in [2.75, 3.05) is 39.0 Å². The summed E-state index contributed by atoms with van der Waals surface area (Å²) in [5, 5.41) is 3.26. The van der Waals surface area contributed by atoms with Crippen LogP contribution in [0.1, 0.15) is 24.8 Å². The molecule has 1 unspecified atom stereocenters. The first-order valence-electron chi connectivity index (χ1n) is 7.36. The van der Waals surface area contributed by atoms with E-state index in [1.165, 1.54) is 4.90 Å². The molecule has 1 N–H and O–H groups in total. The van der Waals surface area contributed by atoms with E-state index in [0.29, 0.717) is 13.1 Å². The molecule has 1 aliphatic heterocycles. The quantitative estimate of drug-likeness (QED) is 0.894. The van der Waals surface area contributed by atoms with Crippen LogP contribution in [0.5, 0.6) is 0 Å². The Morgan fingerprint density at radius 2 is 2.00 bits per heavy atom. The minimum absolute atomic E-state index is 0.0319. The highest BCUT2D eigenvalue weighted by Gasteiger charge is 2.32. The number of hydrogen-bond donors (Lipinski definition) is 1. The zero-order valence-corrected chi connectivity index (χ0v) is 12.9. The van der Waals surface area contributed by atoms with Gasteiger partial charge in [0.05, 0.1) is 12.5 Å². The summed E-state index contributed by atoms with van der Waals surface area (Å²) in [7, 11) is 3.42. The van der Waals surface area contributed by atoms with Gasteiger partial charge < -0.3 is 15.1 Å². The van der Waals surface area contributed by atoms with E-state index in [9.17, 15) is 9.59 Å². The Morgan fingerprint density at radius 3 is 2.67 bits per heavy atom. The molecule has 0 aromatic heterocycles. The highest BCUT2D eigenvalue weighted by Crippen LogP contribution is 2.32. The molecule has 0 spiro atoms. The number of fused-ring (bicyclic) bond motifs is 1. The summed E-state index contributed by atoms with van der Waals surface area (Å²) in [5.41, 5.74) is 2.05. The van der Waals surface area contributed by atoms with Crippen molar-refractivity contribution in [2.45, 2.75) is 19.3 Å². The van der Waals surface area contributed by atoms with Crippen LogP contribution in [0.25, 0.3) is 0 Å². The van der Waals surface area contributed by atoms with Crippen LogP contribution in [0.2, 0.25) is 0 Å². The van der Waals surface area contributed by atoms with Gasteiger partial charge in [0.1, 0.15) is 0 Å². The van der Waals surface area contributed by atoms with Crippen molar-refractivity contribution in [2.24, 2.45) is 0 Å². The fraction of sp³-hybridized carbons (Fsp3) is 0.500. The largest absolute Gasteiger partial charge is 0.384 e. The molecule has 1 aromatic carbocycles. The number of benzene rings is 1. The first-order valence-corrected chi connectivity index (χ1v) is 7.36. The van der Waals surface area contributed by atoms with Gasteiger partial charge in [-0.25, -0.2) is 0 Å². The Balaban J connectivity index is 2.14. The van der Waals surface area contributed by atoms with Crippen molar-refractivity contribution in [3.05, 3.63) is 29.8 Å². The van der Waals surface area contributed by atoms with Gasteiger partial charge in [-0.3, -0.25) is 9.59 Å². The van der Waals surface area contributed by atoms with Crippen LogP contribution in [0.3, 0.4) is 0 Å². The molecule has 21 heavy (non-hydrogen) atoms. The second kappa shape index (κ2) is 6.61. The van der Waals surface area contributed by atoms with Gasteiger partial charge in [0.2, 0.25) is 11.8 Å². The average molecular weight is 289 g/mol. The van der Waals surface area contributed by atoms with Crippen LogP contribution in [0.15, 0.2) is 24.3 Å². The van der Waals surface area contributed by atoms with Crippen LogP contribution in [0.4, 0.5) is 5.69 Å². The third kappa shape index (κ3) is 3.35. The van der Waals surface area contributed by atoms with E-state index in [-0.39, 0.29) is 24.3 Å².